The summed E-state index contributed by atoms with van der Waals surface area (Å²) in [6, 6.07) is 15.2. The number of phenols is 1. The van der Waals surface area contributed by atoms with E-state index in [-0.39, 0.29) is 35.5 Å². The number of alkyl halides is 3. The van der Waals surface area contributed by atoms with Gasteiger partial charge in [0, 0.05) is 37.2 Å². The van der Waals surface area contributed by atoms with Gasteiger partial charge in [0.15, 0.2) is 9.75 Å². The first kappa shape index (κ1) is 32.6. The summed E-state index contributed by atoms with van der Waals surface area (Å²) in [5.41, 5.74) is 2.73. The second-order valence-electron chi connectivity index (χ2n) is 13.4. The van der Waals surface area contributed by atoms with Crippen LogP contribution in [0.2, 0.25) is 0 Å². The van der Waals surface area contributed by atoms with E-state index in [1.807, 2.05) is 24.3 Å². The molecular weight excluding hydrogens is 705 g/mol. The number of halogens is 3. The predicted molar refractivity (Wildman–Crippen MR) is 182 cm³/mol. The lowest BCUT2D eigenvalue weighted by Gasteiger charge is -2.51. The third-order valence-electron chi connectivity index (χ3n) is 11.0. The fraction of sp³-hybridized carbons (Fsp3) is 0.444. The molecule has 4 amide bonds. The minimum absolute atomic E-state index is 0.0598. The maximum atomic E-state index is 14.4. The molecule has 1 N–H and O–H groups in total. The van der Waals surface area contributed by atoms with Crippen molar-refractivity contribution in [2.75, 3.05) is 18.5 Å². The van der Waals surface area contributed by atoms with Crippen molar-refractivity contribution in [2.24, 2.45) is 17.8 Å². The molecule has 3 saturated heterocycles. The maximum Gasteiger partial charge on any atom is 0.254 e. The van der Waals surface area contributed by atoms with Gasteiger partial charge in [-0.3, -0.25) is 33.9 Å². The summed E-state index contributed by atoms with van der Waals surface area (Å²) in [4.78, 5) is 57.4. The van der Waals surface area contributed by atoms with E-state index in [2.05, 4.69) is 39.5 Å². The van der Waals surface area contributed by atoms with Crippen LogP contribution in [0.15, 0.2) is 72.8 Å². The topological polar surface area (TPSA) is 98.2 Å². The lowest BCUT2D eigenvalue weighted by atomic mass is 9.56. The Morgan fingerprint density at radius 3 is 2.36 bits per heavy atom. The molecule has 4 fully saturated rings. The van der Waals surface area contributed by atoms with Crippen molar-refractivity contribution in [2.45, 2.75) is 60.4 Å². The molecule has 2 aromatic carbocycles. The van der Waals surface area contributed by atoms with Gasteiger partial charge in [-0.1, -0.05) is 82.2 Å². The van der Waals surface area contributed by atoms with Crippen LogP contribution in [0.25, 0.3) is 0 Å². The zero-order valence-electron chi connectivity index (χ0n) is 25.8. The molecule has 0 bridgehead atoms. The molecule has 1 saturated carbocycles. The molecule has 3 aliphatic heterocycles. The smallest absolute Gasteiger partial charge is 0.254 e. The third-order valence-corrected chi connectivity index (χ3v) is 13.0. The van der Waals surface area contributed by atoms with Gasteiger partial charge in [-0.2, -0.15) is 0 Å². The molecular formula is C36H36BrCl2N3O5. The SMILES string of the molecule is C=CCc1cccc([C@H]2C3=CC[C@@H]4C(=O)N(C5CCN(Cc6ccccc6)CC5)C(=O)[C@@H]4[C@@H]3C[C@@]3(Cl)C(=O)N(CBr)C(=O)[C@@]23Cl)c1O. The molecule has 2 aliphatic carbocycles. The molecule has 5 aliphatic rings. The van der Waals surface area contributed by atoms with Crippen molar-refractivity contribution >= 4 is 62.8 Å². The number of hydrogen-bond donors (Lipinski definition) is 1. The Bertz CT molecular complexity index is 1690. The second kappa shape index (κ2) is 12.2. The molecule has 0 unspecified atom stereocenters. The number of rotatable bonds is 7. The number of fused-ring (bicyclic) bond motifs is 4. The van der Waals surface area contributed by atoms with Gasteiger partial charge in [0.1, 0.15) is 5.75 Å². The first-order chi connectivity index (χ1) is 22.6. The number of carbonyl (C=O) groups excluding carboxylic acids is 4. The van der Waals surface area contributed by atoms with E-state index in [0.717, 1.165) is 24.5 Å². The van der Waals surface area contributed by atoms with E-state index in [9.17, 15) is 24.3 Å². The third kappa shape index (κ3) is 4.78. The number of piperidine rings is 1. The molecule has 246 valence electrons. The summed E-state index contributed by atoms with van der Waals surface area (Å²) in [6.07, 6.45) is 5.51. The molecule has 0 radical (unpaired) electrons. The lowest BCUT2D eigenvalue weighted by Crippen LogP contribution is -2.60. The lowest BCUT2D eigenvalue weighted by molar-refractivity contribution is -0.144. The Morgan fingerprint density at radius 2 is 1.68 bits per heavy atom. The number of aromatic hydroxyl groups is 1. The van der Waals surface area contributed by atoms with Crippen LogP contribution >= 0.6 is 39.1 Å². The molecule has 3 heterocycles. The number of nitrogens with zero attached hydrogens (tertiary/aromatic N) is 3. The highest BCUT2D eigenvalue weighted by Gasteiger charge is 2.76. The number of para-hydroxylation sites is 1. The number of phenolic OH excluding ortho intramolecular Hbond substituents is 1. The number of imide groups is 2. The first-order valence-corrected chi connectivity index (χ1v) is 18.0. The van der Waals surface area contributed by atoms with Crippen LogP contribution in [0.4, 0.5) is 0 Å². The quantitative estimate of drug-likeness (QED) is 0.175. The molecule has 2 aromatic rings. The molecule has 8 nitrogen and oxygen atoms in total. The summed E-state index contributed by atoms with van der Waals surface area (Å²) in [5, 5.41) is 11.5. The average molecular weight is 742 g/mol. The van der Waals surface area contributed by atoms with Crippen molar-refractivity contribution < 1.29 is 24.3 Å². The molecule has 0 spiro atoms. The van der Waals surface area contributed by atoms with Gasteiger partial charge in [-0.25, -0.2) is 0 Å². The Morgan fingerprint density at radius 1 is 0.957 bits per heavy atom. The van der Waals surface area contributed by atoms with E-state index in [1.54, 1.807) is 24.3 Å². The monoisotopic (exact) mass is 739 g/mol. The largest absolute Gasteiger partial charge is 0.507 e. The molecule has 7 rings (SSSR count). The van der Waals surface area contributed by atoms with Gasteiger partial charge in [0.05, 0.1) is 17.3 Å². The normalized spacial score (nSPS) is 32.7. The summed E-state index contributed by atoms with van der Waals surface area (Å²) in [7, 11) is 0. The van der Waals surface area contributed by atoms with Crippen LogP contribution in [-0.4, -0.2) is 77.8 Å². The van der Waals surface area contributed by atoms with Crippen molar-refractivity contribution in [1.82, 2.24) is 14.7 Å². The van der Waals surface area contributed by atoms with E-state index in [0.29, 0.717) is 42.4 Å². The molecule has 11 heteroatoms. The van der Waals surface area contributed by atoms with Gasteiger partial charge in [-0.15, -0.1) is 29.8 Å². The van der Waals surface area contributed by atoms with Crippen LogP contribution < -0.4 is 0 Å². The van der Waals surface area contributed by atoms with Crippen molar-refractivity contribution in [1.29, 1.82) is 0 Å². The molecule has 47 heavy (non-hydrogen) atoms. The second-order valence-corrected chi connectivity index (χ2v) is 15.1. The highest BCUT2D eigenvalue weighted by atomic mass is 79.9. The Hall–Kier alpha value is -2.98. The standard InChI is InChI=1S/C36H36BrCl2N3O5/c1-2-7-22-10-6-11-26(30(22)43)29-24-12-13-25-28(27(24)18-35(38)33(46)41(20-37)34(47)36(29,35)39)32(45)42(31(25)44)23-14-16-40(17-15-23)19-21-8-4-3-5-9-21/h2-6,8-12,23,25,27-29,43H,1,7,13-20H2/t25-,27+,28-,29+,35+,36-/m0/s1. The van der Waals surface area contributed by atoms with Crippen LogP contribution in [0.1, 0.15) is 48.3 Å². The van der Waals surface area contributed by atoms with Crippen molar-refractivity contribution in [3.8, 4) is 5.75 Å². The Labute approximate surface area is 292 Å². The molecule has 6 atom stereocenters. The fourth-order valence-electron chi connectivity index (χ4n) is 8.82. The van der Waals surface area contributed by atoms with Crippen molar-refractivity contribution in [3.63, 3.8) is 0 Å². The zero-order valence-corrected chi connectivity index (χ0v) is 28.9. The summed E-state index contributed by atoms with van der Waals surface area (Å²) < 4.78 is 0. The van der Waals surface area contributed by atoms with Gasteiger partial charge >= 0.3 is 0 Å². The highest BCUT2D eigenvalue weighted by molar-refractivity contribution is 9.09. The van der Waals surface area contributed by atoms with Gasteiger partial charge in [-0.05, 0) is 49.1 Å². The minimum atomic E-state index is -1.96. The minimum Gasteiger partial charge on any atom is -0.507 e. The summed E-state index contributed by atoms with van der Waals surface area (Å²) in [6.45, 7) is 6.13. The average Bonchev–Trinajstić information content (AvgIpc) is 3.41. The highest BCUT2D eigenvalue weighted by Crippen LogP contribution is 2.66. The number of benzene rings is 2. The van der Waals surface area contributed by atoms with Crippen LogP contribution in [0, 0.1) is 17.8 Å². The predicted octanol–water partition coefficient (Wildman–Crippen LogP) is 5.50. The maximum absolute atomic E-state index is 14.4. The van der Waals surface area contributed by atoms with Crippen LogP contribution in [-0.2, 0) is 32.1 Å². The summed E-state index contributed by atoms with van der Waals surface area (Å²) in [5.74, 6) is -4.79. The summed E-state index contributed by atoms with van der Waals surface area (Å²) >= 11 is 17.9. The van der Waals surface area contributed by atoms with Gasteiger partial charge < -0.3 is 5.11 Å². The van der Waals surface area contributed by atoms with Crippen LogP contribution in [0.5, 0.6) is 5.75 Å². The van der Waals surface area contributed by atoms with Crippen LogP contribution in [0.3, 0.4) is 0 Å². The van der Waals surface area contributed by atoms with Gasteiger partial charge in [0.25, 0.3) is 11.8 Å². The number of carbonyl (C=O) groups is 4. The molecule has 0 aromatic heterocycles. The number of likely N-dealkylation sites (tertiary alicyclic amines) is 3. The number of amides is 4. The zero-order chi connectivity index (χ0) is 33.2. The Balaban J connectivity index is 1.23. The first-order valence-electron chi connectivity index (χ1n) is 16.1. The van der Waals surface area contributed by atoms with Gasteiger partial charge in [0.2, 0.25) is 11.8 Å². The number of allylic oxidation sites excluding steroid dienone is 3. The van der Waals surface area contributed by atoms with Crippen molar-refractivity contribution in [3.05, 3.63) is 89.5 Å². The van der Waals surface area contributed by atoms with E-state index in [1.165, 1.54) is 10.5 Å². The van der Waals surface area contributed by atoms with E-state index >= 15 is 0 Å². The Kier molecular flexibility index (Phi) is 8.43. The van der Waals surface area contributed by atoms with E-state index in [4.69, 9.17) is 23.2 Å². The fourth-order valence-corrected chi connectivity index (χ4v) is 10.2. The number of hydrogen-bond acceptors (Lipinski definition) is 6. The van der Waals surface area contributed by atoms with E-state index < -0.39 is 45.2 Å².